The Morgan fingerprint density at radius 2 is 2.36 bits per heavy atom. The molecule has 0 bridgehead atoms. The first-order valence-corrected chi connectivity index (χ1v) is 3.30. The average Bonchev–Trinajstić information content (AvgIpc) is 1.87. The van der Waals surface area contributed by atoms with Gasteiger partial charge in [0, 0.05) is 19.2 Å². The van der Waals surface area contributed by atoms with E-state index in [1.54, 1.807) is 11.9 Å². The number of likely N-dealkylation sites (N-methyl/N-ethyl adjacent to an activating group) is 1. The van der Waals surface area contributed by atoms with Gasteiger partial charge >= 0.3 is 5.97 Å². The van der Waals surface area contributed by atoms with E-state index in [0.717, 1.165) is 6.08 Å². The molecule has 0 radical (unpaired) electrons. The van der Waals surface area contributed by atoms with Gasteiger partial charge in [0.25, 0.3) is 0 Å². The van der Waals surface area contributed by atoms with Crippen molar-refractivity contribution in [2.24, 2.45) is 0 Å². The summed E-state index contributed by atoms with van der Waals surface area (Å²) in [7, 11) is 1.73. The van der Waals surface area contributed by atoms with E-state index >= 15 is 0 Å². The fourth-order valence-corrected chi connectivity index (χ4v) is 0.569. The summed E-state index contributed by atoms with van der Waals surface area (Å²) in [5, 5.41) is 8.18. The van der Waals surface area contributed by atoms with Crippen LogP contribution in [0.3, 0.4) is 0 Å². The van der Waals surface area contributed by atoms with Gasteiger partial charge in [0.1, 0.15) is 6.67 Å². The predicted octanol–water partition coefficient (Wildman–Crippen LogP) is 0.528. The van der Waals surface area contributed by atoms with E-state index in [4.69, 9.17) is 5.11 Å². The minimum absolute atomic E-state index is 0.337. The molecule has 0 amide bonds. The molecule has 0 aromatic carbocycles. The van der Waals surface area contributed by atoms with E-state index in [0.29, 0.717) is 13.1 Å². The SMILES string of the molecule is CN(CC=CC(=O)O)CCF. The number of carbonyl (C=O) groups is 1. The predicted molar refractivity (Wildman–Crippen MR) is 40.2 cm³/mol. The number of aliphatic carboxylic acids is 1. The van der Waals surface area contributed by atoms with Gasteiger partial charge in [-0.1, -0.05) is 6.08 Å². The van der Waals surface area contributed by atoms with Crippen LogP contribution >= 0.6 is 0 Å². The lowest BCUT2D eigenvalue weighted by molar-refractivity contribution is -0.131. The Labute approximate surface area is 65.1 Å². The molecule has 1 N–H and O–H groups in total. The largest absolute Gasteiger partial charge is 0.478 e. The van der Waals surface area contributed by atoms with Crippen LogP contribution in [0, 0.1) is 0 Å². The molecule has 0 spiro atoms. The molecule has 3 nitrogen and oxygen atoms in total. The number of nitrogens with zero attached hydrogens (tertiary/aromatic N) is 1. The molecular weight excluding hydrogens is 149 g/mol. The van der Waals surface area contributed by atoms with Crippen molar-refractivity contribution in [3.8, 4) is 0 Å². The smallest absolute Gasteiger partial charge is 0.328 e. The third kappa shape index (κ3) is 6.99. The van der Waals surface area contributed by atoms with Gasteiger partial charge in [0.15, 0.2) is 0 Å². The van der Waals surface area contributed by atoms with Crippen LogP contribution in [0.15, 0.2) is 12.2 Å². The Bertz CT molecular complexity index is 147. The number of alkyl halides is 1. The van der Waals surface area contributed by atoms with E-state index < -0.39 is 12.6 Å². The molecule has 64 valence electrons. The average molecular weight is 161 g/mol. The third-order valence-corrected chi connectivity index (χ3v) is 1.14. The maximum atomic E-state index is 11.6. The second kappa shape index (κ2) is 5.85. The highest BCUT2D eigenvalue weighted by atomic mass is 19.1. The van der Waals surface area contributed by atoms with Crippen LogP contribution in [0.5, 0.6) is 0 Å². The fraction of sp³-hybridized carbons (Fsp3) is 0.571. The maximum Gasteiger partial charge on any atom is 0.328 e. The zero-order chi connectivity index (χ0) is 8.69. The lowest BCUT2D eigenvalue weighted by atomic mass is 10.4. The van der Waals surface area contributed by atoms with E-state index in [1.807, 2.05) is 0 Å². The zero-order valence-corrected chi connectivity index (χ0v) is 6.46. The molecule has 0 aliphatic carbocycles. The van der Waals surface area contributed by atoms with Crippen LogP contribution in [-0.2, 0) is 4.79 Å². The van der Waals surface area contributed by atoms with Gasteiger partial charge < -0.3 is 10.0 Å². The quantitative estimate of drug-likeness (QED) is 0.598. The molecule has 0 atom stereocenters. The van der Waals surface area contributed by atoms with E-state index in [1.165, 1.54) is 6.08 Å². The Kier molecular flexibility index (Phi) is 5.37. The van der Waals surface area contributed by atoms with Crippen molar-refractivity contribution in [1.82, 2.24) is 4.90 Å². The monoisotopic (exact) mass is 161 g/mol. The number of carboxylic acid groups (broad SMARTS) is 1. The van der Waals surface area contributed by atoms with Crippen LogP contribution in [0.1, 0.15) is 0 Å². The van der Waals surface area contributed by atoms with Crippen molar-refractivity contribution >= 4 is 5.97 Å². The number of hydrogen-bond donors (Lipinski definition) is 1. The Hall–Kier alpha value is -0.900. The summed E-state index contributed by atoms with van der Waals surface area (Å²) in [6.45, 7) is 0.400. The first-order chi connectivity index (χ1) is 5.16. The van der Waals surface area contributed by atoms with Gasteiger partial charge in [-0.3, -0.25) is 0 Å². The van der Waals surface area contributed by atoms with Gasteiger partial charge in [-0.25, -0.2) is 9.18 Å². The molecule has 0 aromatic heterocycles. The van der Waals surface area contributed by atoms with Crippen LogP contribution in [0.4, 0.5) is 4.39 Å². The van der Waals surface area contributed by atoms with Crippen molar-refractivity contribution in [1.29, 1.82) is 0 Å². The molecule has 0 aliphatic heterocycles. The summed E-state index contributed by atoms with van der Waals surface area (Å²) in [5.41, 5.74) is 0. The highest BCUT2D eigenvalue weighted by Gasteiger charge is 1.93. The highest BCUT2D eigenvalue weighted by Crippen LogP contribution is 1.83. The topological polar surface area (TPSA) is 40.5 Å². The summed E-state index contributed by atoms with van der Waals surface area (Å²) < 4.78 is 11.6. The van der Waals surface area contributed by atoms with Crippen LogP contribution < -0.4 is 0 Å². The van der Waals surface area contributed by atoms with Gasteiger partial charge in [0.2, 0.25) is 0 Å². The lowest BCUT2D eigenvalue weighted by Crippen LogP contribution is -2.20. The van der Waals surface area contributed by atoms with Crippen LogP contribution in [-0.4, -0.2) is 42.8 Å². The van der Waals surface area contributed by atoms with Gasteiger partial charge in [0.05, 0.1) is 0 Å². The lowest BCUT2D eigenvalue weighted by Gasteiger charge is -2.09. The molecule has 0 heterocycles. The van der Waals surface area contributed by atoms with E-state index in [-0.39, 0.29) is 0 Å². The zero-order valence-electron chi connectivity index (χ0n) is 6.46. The fourth-order valence-electron chi connectivity index (χ4n) is 0.569. The van der Waals surface area contributed by atoms with E-state index in [2.05, 4.69) is 0 Å². The second-order valence-electron chi connectivity index (χ2n) is 2.19. The molecule has 0 aromatic rings. The number of rotatable bonds is 5. The normalized spacial score (nSPS) is 11.2. The summed E-state index contributed by atoms with van der Waals surface area (Å²) in [6, 6.07) is 0. The Morgan fingerprint density at radius 3 is 2.82 bits per heavy atom. The Morgan fingerprint density at radius 1 is 1.73 bits per heavy atom. The third-order valence-electron chi connectivity index (χ3n) is 1.14. The van der Waals surface area contributed by atoms with Crippen molar-refractivity contribution < 1.29 is 14.3 Å². The number of halogens is 1. The highest BCUT2D eigenvalue weighted by molar-refractivity contribution is 5.79. The van der Waals surface area contributed by atoms with Crippen LogP contribution in [0.2, 0.25) is 0 Å². The van der Waals surface area contributed by atoms with E-state index in [9.17, 15) is 9.18 Å². The molecule has 0 saturated heterocycles. The molecule has 0 saturated carbocycles. The molecule has 0 unspecified atom stereocenters. The molecule has 11 heavy (non-hydrogen) atoms. The van der Waals surface area contributed by atoms with Crippen molar-refractivity contribution in [3.63, 3.8) is 0 Å². The molecule has 0 fully saturated rings. The van der Waals surface area contributed by atoms with Crippen LogP contribution in [0.25, 0.3) is 0 Å². The summed E-state index contributed by atoms with van der Waals surface area (Å²) in [4.78, 5) is 11.7. The number of carboxylic acids is 1. The van der Waals surface area contributed by atoms with Crippen molar-refractivity contribution in [3.05, 3.63) is 12.2 Å². The molecule has 0 aliphatic rings. The first-order valence-electron chi connectivity index (χ1n) is 3.30. The molecular formula is C7H12FNO2. The maximum absolute atomic E-state index is 11.6. The molecule has 0 rings (SSSR count). The van der Waals surface area contributed by atoms with Crippen molar-refractivity contribution in [2.45, 2.75) is 0 Å². The van der Waals surface area contributed by atoms with Gasteiger partial charge in [-0.15, -0.1) is 0 Å². The summed E-state index contributed by atoms with van der Waals surface area (Å²) in [6.07, 6.45) is 2.53. The van der Waals surface area contributed by atoms with Gasteiger partial charge in [-0.05, 0) is 7.05 Å². The standard InChI is InChI=1S/C7H12FNO2/c1-9(6-4-8)5-2-3-7(10)11/h2-3H,4-6H2,1H3,(H,10,11). The first kappa shape index (κ1) is 10.1. The van der Waals surface area contributed by atoms with Crippen molar-refractivity contribution in [2.75, 3.05) is 26.8 Å². The second-order valence-corrected chi connectivity index (χ2v) is 2.19. The summed E-state index contributed by atoms with van der Waals surface area (Å²) in [5.74, 6) is -0.973. The Balaban J connectivity index is 3.44. The minimum Gasteiger partial charge on any atom is -0.478 e. The summed E-state index contributed by atoms with van der Waals surface area (Å²) >= 11 is 0. The molecule has 4 heteroatoms. The number of hydrogen-bond acceptors (Lipinski definition) is 2. The van der Waals surface area contributed by atoms with Gasteiger partial charge in [-0.2, -0.15) is 0 Å². The minimum atomic E-state index is -0.973.